The molecule has 1 unspecified atom stereocenters. The lowest BCUT2D eigenvalue weighted by atomic mass is 10.0. The molecule has 0 heterocycles. The van der Waals surface area contributed by atoms with Crippen LogP contribution in [0.3, 0.4) is 0 Å². The zero-order valence-corrected chi connectivity index (χ0v) is 13.9. The predicted octanol–water partition coefficient (Wildman–Crippen LogP) is 3.28. The Balaban J connectivity index is 2.85. The minimum atomic E-state index is 0.553. The lowest BCUT2D eigenvalue weighted by molar-refractivity contribution is 0.198. The third-order valence-corrected chi connectivity index (χ3v) is 4.00. The van der Waals surface area contributed by atoms with Gasteiger partial charge in [0.05, 0.1) is 7.11 Å². The first kappa shape index (κ1) is 17.0. The fourth-order valence-electron chi connectivity index (χ4n) is 2.26. The average Bonchev–Trinajstić information content (AvgIpc) is 2.44. The quantitative estimate of drug-likeness (QED) is 0.790. The number of methoxy groups -OCH3 is 1. The number of benzene rings is 1. The molecule has 0 aliphatic rings. The summed E-state index contributed by atoms with van der Waals surface area (Å²) in [5.74, 6) is 1.63. The highest BCUT2D eigenvalue weighted by molar-refractivity contribution is 5.37. The summed E-state index contributed by atoms with van der Waals surface area (Å²) in [5, 5.41) is 3.37. The Morgan fingerprint density at radius 2 is 1.95 bits per heavy atom. The van der Waals surface area contributed by atoms with Crippen LogP contribution in [-0.2, 0) is 13.1 Å². The zero-order chi connectivity index (χ0) is 15.1. The number of rotatable bonds is 8. The number of hydrogen-bond acceptors (Lipinski definition) is 3. The molecular formula is C17H30N2O. The van der Waals surface area contributed by atoms with E-state index in [1.165, 1.54) is 11.1 Å². The molecule has 3 nitrogen and oxygen atoms in total. The van der Waals surface area contributed by atoms with Crippen LogP contribution >= 0.6 is 0 Å². The van der Waals surface area contributed by atoms with Crippen molar-refractivity contribution in [2.45, 2.75) is 46.8 Å². The average molecular weight is 278 g/mol. The van der Waals surface area contributed by atoms with Crippen LogP contribution in [0, 0.1) is 5.92 Å². The Bertz CT molecular complexity index is 404. The summed E-state index contributed by atoms with van der Waals surface area (Å²) in [5.41, 5.74) is 2.58. The summed E-state index contributed by atoms with van der Waals surface area (Å²) in [6.45, 7) is 11.8. The Morgan fingerprint density at radius 1 is 1.25 bits per heavy atom. The predicted molar refractivity (Wildman–Crippen MR) is 86.1 cm³/mol. The number of nitrogens with one attached hydrogen (secondary N) is 1. The zero-order valence-electron chi connectivity index (χ0n) is 13.9. The van der Waals surface area contributed by atoms with Crippen LogP contribution in [0.2, 0.25) is 0 Å². The largest absolute Gasteiger partial charge is 0.496 e. The summed E-state index contributed by atoms with van der Waals surface area (Å²) < 4.78 is 5.50. The van der Waals surface area contributed by atoms with E-state index >= 15 is 0 Å². The van der Waals surface area contributed by atoms with Gasteiger partial charge < -0.3 is 10.1 Å². The second kappa shape index (κ2) is 8.28. The highest BCUT2D eigenvalue weighted by Gasteiger charge is 2.15. The van der Waals surface area contributed by atoms with Crippen molar-refractivity contribution in [1.29, 1.82) is 0 Å². The summed E-state index contributed by atoms with van der Waals surface area (Å²) in [6.07, 6.45) is 0. The monoisotopic (exact) mass is 278 g/mol. The van der Waals surface area contributed by atoms with Gasteiger partial charge in [-0.15, -0.1) is 0 Å². The van der Waals surface area contributed by atoms with Crippen LogP contribution in [0.5, 0.6) is 5.75 Å². The highest BCUT2D eigenvalue weighted by atomic mass is 16.5. The standard InChI is InChI=1S/C17H30N2O/c1-7-18-11-15-8-9-17(20-6)16(10-15)12-19(5)14(4)13(2)3/h8-10,13-14,18H,7,11-12H2,1-6H3. The van der Waals surface area contributed by atoms with Gasteiger partial charge in [0, 0.05) is 24.7 Å². The van der Waals surface area contributed by atoms with Gasteiger partial charge in [-0.25, -0.2) is 0 Å². The molecule has 0 saturated carbocycles. The third kappa shape index (κ3) is 4.80. The van der Waals surface area contributed by atoms with Crippen molar-refractivity contribution in [2.24, 2.45) is 5.92 Å². The van der Waals surface area contributed by atoms with Crippen LogP contribution in [0.25, 0.3) is 0 Å². The molecule has 0 saturated heterocycles. The van der Waals surface area contributed by atoms with Gasteiger partial charge in [-0.05, 0) is 44.1 Å². The minimum absolute atomic E-state index is 0.553. The first-order valence-electron chi connectivity index (χ1n) is 7.56. The molecule has 0 bridgehead atoms. The molecule has 1 aromatic carbocycles. The number of hydrogen-bond donors (Lipinski definition) is 1. The maximum absolute atomic E-state index is 5.50. The van der Waals surface area contributed by atoms with Crippen LogP contribution in [0.15, 0.2) is 18.2 Å². The van der Waals surface area contributed by atoms with E-state index in [1.807, 2.05) is 0 Å². The molecule has 3 heteroatoms. The van der Waals surface area contributed by atoms with Gasteiger partial charge in [0.1, 0.15) is 5.75 Å². The molecule has 0 amide bonds. The molecule has 0 aromatic heterocycles. The number of ether oxygens (including phenoxy) is 1. The van der Waals surface area contributed by atoms with Gasteiger partial charge in [-0.3, -0.25) is 4.90 Å². The van der Waals surface area contributed by atoms with Crippen molar-refractivity contribution in [3.05, 3.63) is 29.3 Å². The summed E-state index contributed by atoms with van der Waals surface area (Å²) in [6, 6.07) is 7.02. The summed E-state index contributed by atoms with van der Waals surface area (Å²) >= 11 is 0. The van der Waals surface area contributed by atoms with Crippen molar-refractivity contribution < 1.29 is 4.74 Å². The Labute approximate surface area is 124 Å². The van der Waals surface area contributed by atoms with Gasteiger partial charge >= 0.3 is 0 Å². The molecule has 1 N–H and O–H groups in total. The topological polar surface area (TPSA) is 24.5 Å². The van der Waals surface area contributed by atoms with Gasteiger partial charge in [-0.2, -0.15) is 0 Å². The first-order valence-corrected chi connectivity index (χ1v) is 7.56. The number of nitrogens with zero attached hydrogens (tertiary/aromatic N) is 1. The minimum Gasteiger partial charge on any atom is -0.496 e. The Hall–Kier alpha value is -1.06. The maximum atomic E-state index is 5.50. The van der Waals surface area contributed by atoms with Crippen molar-refractivity contribution in [3.63, 3.8) is 0 Å². The molecule has 0 fully saturated rings. The van der Waals surface area contributed by atoms with E-state index in [4.69, 9.17) is 4.74 Å². The molecule has 1 rings (SSSR count). The van der Waals surface area contributed by atoms with Crippen molar-refractivity contribution in [3.8, 4) is 5.75 Å². The van der Waals surface area contributed by atoms with Crippen LogP contribution in [0.4, 0.5) is 0 Å². The van der Waals surface area contributed by atoms with E-state index in [2.05, 4.69) is 63.2 Å². The van der Waals surface area contributed by atoms with Crippen molar-refractivity contribution in [2.75, 3.05) is 20.7 Å². The van der Waals surface area contributed by atoms with Gasteiger partial charge in [0.15, 0.2) is 0 Å². The van der Waals surface area contributed by atoms with E-state index in [0.29, 0.717) is 12.0 Å². The van der Waals surface area contributed by atoms with Gasteiger partial charge in [-0.1, -0.05) is 26.8 Å². The van der Waals surface area contributed by atoms with E-state index in [1.54, 1.807) is 7.11 Å². The lowest BCUT2D eigenvalue weighted by Crippen LogP contribution is -2.32. The van der Waals surface area contributed by atoms with Crippen LogP contribution < -0.4 is 10.1 Å². The normalized spacial score (nSPS) is 13.0. The fourth-order valence-corrected chi connectivity index (χ4v) is 2.26. The first-order chi connectivity index (χ1) is 9.49. The second-order valence-electron chi connectivity index (χ2n) is 5.83. The molecule has 0 aliphatic heterocycles. The van der Waals surface area contributed by atoms with Crippen molar-refractivity contribution >= 4 is 0 Å². The smallest absolute Gasteiger partial charge is 0.123 e. The van der Waals surface area contributed by atoms with E-state index in [0.717, 1.165) is 25.4 Å². The molecule has 1 aromatic rings. The highest BCUT2D eigenvalue weighted by Crippen LogP contribution is 2.23. The summed E-state index contributed by atoms with van der Waals surface area (Å²) in [4.78, 5) is 2.39. The maximum Gasteiger partial charge on any atom is 0.123 e. The second-order valence-corrected chi connectivity index (χ2v) is 5.83. The van der Waals surface area contributed by atoms with Crippen LogP contribution in [-0.4, -0.2) is 31.6 Å². The molecule has 1 atom stereocenters. The fraction of sp³-hybridized carbons (Fsp3) is 0.647. The van der Waals surface area contributed by atoms with Crippen LogP contribution in [0.1, 0.15) is 38.8 Å². The molecule has 0 aliphatic carbocycles. The van der Waals surface area contributed by atoms with E-state index in [-0.39, 0.29) is 0 Å². The van der Waals surface area contributed by atoms with Gasteiger partial charge in [0.2, 0.25) is 0 Å². The lowest BCUT2D eigenvalue weighted by Gasteiger charge is -2.28. The summed E-state index contributed by atoms with van der Waals surface area (Å²) in [7, 11) is 3.93. The molecule has 20 heavy (non-hydrogen) atoms. The Morgan fingerprint density at radius 3 is 2.50 bits per heavy atom. The molecule has 0 radical (unpaired) electrons. The van der Waals surface area contributed by atoms with Crippen molar-refractivity contribution in [1.82, 2.24) is 10.2 Å². The Kier molecular flexibility index (Phi) is 7.03. The van der Waals surface area contributed by atoms with E-state index < -0.39 is 0 Å². The molecule has 114 valence electrons. The third-order valence-electron chi connectivity index (χ3n) is 4.00. The SMILES string of the molecule is CCNCc1ccc(OC)c(CN(C)C(C)C(C)C)c1. The molecule has 0 spiro atoms. The molecular weight excluding hydrogens is 248 g/mol. The van der Waals surface area contributed by atoms with E-state index in [9.17, 15) is 0 Å². The van der Waals surface area contributed by atoms with Gasteiger partial charge in [0.25, 0.3) is 0 Å².